The number of rotatable bonds is 2. The van der Waals surface area contributed by atoms with Crippen molar-refractivity contribution in [3.05, 3.63) is 64.7 Å². The number of nitrogens with two attached hydrogens (primary N) is 1. The summed E-state index contributed by atoms with van der Waals surface area (Å²) < 4.78 is 0. The topological polar surface area (TPSA) is 43.1 Å². The maximum atomic E-state index is 12.0. The van der Waals surface area contributed by atoms with Gasteiger partial charge in [0.25, 0.3) is 0 Å². The molecule has 2 rings (SSSR count). The molecule has 0 spiro atoms. The van der Waals surface area contributed by atoms with E-state index in [1.165, 1.54) is 0 Å². The van der Waals surface area contributed by atoms with Crippen LogP contribution in [0.1, 0.15) is 15.9 Å². The number of carbonyl (C=O) groups excluding carboxylic acids is 1. The summed E-state index contributed by atoms with van der Waals surface area (Å²) in [6.45, 7) is 0. The van der Waals surface area contributed by atoms with Crippen LogP contribution in [0.3, 0.4) is 0 Å². The molecule has 0 fully saturated rings. The Bertz CT molecular complexity index is 502. The van der Waals surface area contributed by atoms with Gasteiger partial charge in [0, 0.05) is 21.8 Å². The lowest BCUT2D eigenvalue weighted by atomic mass is 10.0. The minimum absolute atomic E-state index is 0.0743. The third kappa shape index (κ3) is 2.23. The van der Waals surface area contributed by atoms with Gasteiger partial charge in [-0.05, 0) is 18.2 Å². The number of benzene rings is 2. The van der Waals surface area contributed by atoms with Gasteiger partial charge in [-0.2, -0.15) is 0 Å². The lowest BCUT2D eigenvalue weighted by Gasteiger charge is -2.03. The Labute approximate surface area is 98.7 Å². The lowest BCUT2D eigenvalue weighted by molar-refractivity contribution is 0.103. The largest absolute Gasteiger partial charge is 0.399 e. The monoisotopic (exact) mass is 231 g/mol. The van der Waals surface area contributed by atoms with Crippen LogP contribution in [0, 0.1) is 0 Å². The quantitative estimate of drug-likeness (QED) is 0.637. The Kier molecular flexibility index (Phi) is 2.93. The van der Waals surface area contributed by atoms with E-state index in [-0.39, 0.29) is 5.78 Å². The summed E-state index contributed by atoms with van der Waals surface area (Å²) >= 11 is 5.85. The molecule has 3 heteroatoms. The average molecular weight is 232 g/mol. The minimum atomic E-state index is -0.0743. The Morgan fingerprint density at radius 1 is 1.00 bits per heavy atom. The fourth-order valence-electron chi connectivity index (χ4n) is 1.50. The molecule has 0 bridgehead atoms. The SMILES string of the molecule is Nc1cc(Cl)cc(C(=O)c2ccccc2)c1. The minimum Gasteiger partial charge on any atom is -0.399 e. The molecule has 0 atom stereocenters. The summed E-state index contributed by atoms with van der Waals surface area (Å²) in [4.78, 5) is 12.0. The van der Waals surface area contributed by atoms with E-state index in [1.807, 2.05) is 18.2 Å². The van der Waals surface area contributed by atoms with Gasteiger partial charge >= 0.3 is 0 Å². The van der Waals surface area contributed by atoms with Gasteiger partial charge in [0.05, 0.1) is 0 Å². The molecule has 2 N–H and O–H groups in total. The van der Waals surface area contributed by atoms with Crippen LogP contribution in [0.5, 0.6) is 0 Å². The molecule has 2 aromatic rings. The predicted octanol–water partition coefficient (Wildman–Crippen LogP) is 3.15. The van der Waals surface area contributed by atoms with Crippen LogP contribution in [0.4, 0.5) is 5.69 Å². The Morgan fingerprint density at radius 3 is 2.31 bits per heavy atom. The van der Waals surface area contributed by atoms with Crippen molar-refractivity contribution in [1.82, 2.24) is 0 Å². The standard InChI is InChI=1S/C13H10ClNO/c14-11-6-10(7-12(15)8-11)13(16)9-4-2-1-3-5-9/h1-8H,15H2. The molecule has 0 heterocycles. The first-order valence-corrected chi connectivity index (χ1v) is 5.20. The number of ketones is 1. The van der Waals surface area contributed by atoms with Crippen LogP contribution in [0.2, 0.25) is 5.02 Å². The second kappa shape index (κ2) is 4.37. The average Bonchev–Trinajstić information content (AvgIpc) is 2.28. The molecule has 2 nitrogen and oxygen atoms in total. The normalized spacial score (nSPS) is 10.1. The van der Waals surface area contributed by atoms with Gasteiger partial charge in [-0.3, -0.25) is 4.79 Å². The maximum Gasteiger partial charge on any atom is 0.193 e. The zero-order chi connectivity index (χ0) is 11.5. The lowest BCUT2D eigenvalue weighted by Crippen LogP contribution is -2.01. The van der Waals surface area contributed by atoms with Gasteiger partial charge in [-0.25, -0.2) is 0 Å². The molecule has 2 aromatic carbocycles. The van der Waals surface area contributed by atoms with Gasteiger partial charge < -0.3 is 5.73 Å². The molecular weight excluding hydrogens is 222 g/mol. The molecule has 0 aliphatic rings. The van der Waals surface area contributed by atoms with Crippen molar-refractivity contribution in [3.63, 3.8) is 0 Å². The second-order valence-corrected chi connectivity index (χ2v) is 3.90. The summed E-state index contributed by atoms with van der Waals surface area (Å²) in [7, 11) is 0. The second-order valence-electron chi connectivity index (χ2n) is 3.47. The van der Waals surface area contributed by atoms with E-state index in [0.717, 1.165) is 0 Å². The van der Waals surface area contributed by atoms with Crippen molar-refractivity contribution in [3.8, 4) is 0 Å². The predicted molar refractivity (Wildman–Crippen MR) is 65.7 cm³/mol. The van der Waals surface area contributed by atoms with Gasteiger partial charge in [-0.1, -0.05) is 41.9 Å². The highest BCUT2D eigenvalue weighted by molar-refractivity contribution is 6.31. The van der Waals surface area contributed by atoms with Crippen molar-refractivity contribution < 1.29 is 4.79 Å². The Balaban J connectivity index is 2.42. The van der Waals surface area contributed by atoms with E-state index in [4.69, 9.17) is 17.3 Å². The fourth-order valence-corrected chi connectivity index (χ4v) is 1.74. The van der Waals surface area contributed by atoms with Crippen LogP contribution in [-0.2, 0) is 0 Å². The van der Waals surface area contributed by atoms with Gasteiger partial charge in [0.1, 0.15) is 0 Å². The number of halogens is 1. The van der Waals surface area contributed by atoms with Gasteiger partial charge in [-0.15, -0.1) is 0 Å². The zero-order valence-corrected chi connectivity index (χ0v) is 9.24. The highest BCUT2D eigenvalue weighted by Crippen LogP contribution is 2.19. The smallest absolute Gasteiger partial charge is 0.193 e. The van der Waals surface area contributed by atoms with E-state index >= 15 is 0 Å². The first kappa shape index (κ1) is 10.7. The molecule has 0 amide bonds. The highest BCUT2D eigenvalue weighted by Gasteiger charge is 2.09. The number of anilines is 1. The summed E-state index contributed by atoms with van der Waals surface area (Å²) in [6.07, 6.45) is 0. The van der Waals surface area contributed by atoms with E-state index in [1.54, 1.807) is 30.3 Å². The third-order valence-corrected chi connectivity index (χ3v) is 2.44. The van der Waals surface area contributed by atoms with Gasteiger partial charge in [0.2, 0.25) is 0 Å². The first-order valence-electron chi connectivity index (χ1n) is 4.82. The van der Waals surface area contributed by atoms with Crippen molar-refractivity contribution in [1.29, 1.82) is 0 Å². The Hall–Kier alpha value is -1.80. The molecule has 80 valence electrons. The summed E-state index contributed by atoms with van der Waals surface area (Å²) in [5.41, 5.74) is 7.27. The highest BCUT2D eigenvalue weighted by atomic mass is 35.5. The van der Waals surface area contributed by atoms with Crippen molar-refractivity contribution in [2.75, 3.05) is 5.73 Å². The molecule has 0 unspecified atom stereocenters. The molecule has 0 radical (unpaired) electrons. The van der Waals surface area contributed by atoms with E-state index in [2.05, 4.69) is 0 Å². The Morgan fingerprint density at radius 2 is 1.69 bits per heavy atom. The summed E-state index contributed by atoms with van der Waals surface area (Å²) in [6, 6.07) is 13.9. The molecule has 0 saturated heterocycles. The molecule has 0 aliphatic heterocycles. The van der Waals surface area contributed by atoms with Crippen LogP contribution < -0.4 is 5.73 Å². The molecule has 0 saturated carbocycles. The van der Waals surface area contributed by atoms with Crippen molar-refractivity contribution in [2.45, 2.75) is 0 Å². The van der Waals surface area contributed by atoms with Crippen LogP contribution in [-0.4, -0.2) is 5.78 Å². The molecule has 0 aromatic heterocycles. The zero-order valence-electron chi connectivity index (χ0n) is 8.48. The third-order valence-electron chi connectivity index (χ3n) is 2.22. The number of nitrogen functional groups attached to an aromatic ring is 1. The molecule has 16 heavy (non-hydrogen) atoms. The van der Waals surface area contributed by atoms with Crippen molar-refractivity contribution >= 4 is 23.1 Å². The molecular formula is C13H10ClNO. The van der Waals surface area contributed by atoms with Gasteiger partial charge in [0.15, 0.2) is 5.78 Å². The summed E-state index contributed by atoms with van der Waals surface area (Å²) in [5, 5.41) is 0.472. The van der Waals surface area contributed by atoms with Crippen molar-refractivity contribution in [2.24, 2.45) is 0 Å². The maximum absolute atomic E-state index is 12.0. The van der Waals surface area contributed by atoms with E-state index < -0.39 is 0 Å². The molecule has 0 aliphatic carbocycles. The van der Waals surface area contributed by atoms with E-state index in [9.17, 15) is 4.79 Å². The van der Waals surface area contributed by atoms with Crippen LogP contribution >= 0.6 is 11.6 Å². The van der Waals surface area contributed by atoms with E-state index in [0.29, 0.717) is 21.8 Å². The first-order chi connectivity index (χ1) is 7.66. The number of carbonyl (C=O) groups is 1. The van der Waals surface area contributed by atoms with Crippen LogP contribution in [0.25, 0.3) is 0 Å². The number of hydrogen-bond donors (Lipinski definition) is 1. The fraction of sp³-hybridized carbons (Fsp3) is 0. The van der Waals surface area contributed by atoms with Crippen LogP contribution in [0.15, 0.2) is 48.5 Å². The summed E-state index contributed by atoms with van der Waals surface area (Å²) in [5.74, 6) is -0.0743. The number of hydrogen-bond acceptors (Lipinski definition) is 2.